The van der Waals surface area contributed by atoms with Gasteiger partial charge in [0.25, 0.3) is 0 Å². The molecule has 0 fully saturated rings. The molecule has 0 bridgehead atoms. The van der Waals surface area contributed by atoms with Crippen LogP contribution in [-0.2, 0) is 9.30 Å². The topological polar surface area (TPSA) is 46.5 Å². The first-order chi connectivity index (χ1) is 3.27. The van der Waals surface area contributed by atoms with E-state index < -0.39 is 7.23 Å². The molecule has 0 aromatic carbocycles. The zero-order chi connectivity index (χ0) is 5.70. The molecule has 0 aliphatic carbocycles. The molecule has 5 heteroatoms. The van der Waals surface area contributed by atoms with Gasteiger partial charge in [-0.15, -0.1) is 0 Å². The predicted octanol–water partition coefficient (Wildman–Crippen LogP) is 0.706. The lowest BCUT2D eigenvalue weighted by atomic mass is 11.5. The molecule has 1 atom stereocenters. The van der Waals surface area contributed by atoms with Crippen LogP contribution in [0.1, 0.15) is 0 Å². The molecule has 0 spiro atoms. The molecule has 7 heavy (non-hydrogen) atoms. The van der Waals surface area contributed by atoms with Gasteiger partial charge in [0.1, 0.15) is 5.94 Å². The Balaban J connectivity index is 2.82. The minimum absolute atomic E-state index is 0.300. The van der Waals surface area contributed by atoms with Gasteiger partial charge in [-0.25, -0.2) is 0 Å². The predicted molar refractivity (Wildman–Crippen MR) is 30.7 cm³/mol. The Hall–Kier alpha value is 0.500. The van der Waals surface area contributed by atoms with Gasteiger partial charge in [0.05, 0.1) is 0 Å². The van der Waals surface area contributed by atoms with Crippen molar-refractivity contribution >= 4 is 18.6 Å². The number of hydrogen-bond acceptors (Lipinski definition) is 3. The molecule has 0 amide bonds. The van der Waals surface area contributed by atoms with Crippen LogP contribution in [0.2, 0.25) is 0 Å². The van der Waals surface area contributed by atoms with E-state index in [1.807, 2.05) is 0 Å². The summed E-state index contributed by atoms with van der Waals surface area (Å²) in [5, 5.41) is 0. The monoisotopic (exact) mass is 142 g/mol. The van der Waals surface area contributed by atoms with E-state index in [9.17, 15) is 4.57 Å². The summed E-state index contributed by atoms with van der Waals surface area (Å²) in [6, 6.07) is 0. The van der Waals surface area contributed by atoms with Crippen LogP contribution in [0.4, 0.5) is 0 Å². The van der Waals surface area contributed by atoms with Gasteiger partial charge in [-0.1, -0.05) is 0 Å². The van der Waals surface area contributed by atoms with Gasteiger partial charge in [-0.3, -0.25) is 4.57 Å². The first-order valence-corrected chi connectivity index (χ1v) is 4.68. The summed E-state index contributed by atoms with van der Waals surface area (Å²) >= 11 is 0.911. The van der Waals surface area contributed by atoms with Crippen molar-refractivity contribution in [1.29, 1.82) is 0 Å². The molecule has 0 rings (SSSR count). The van der Waals surface area contributed by atoms with E-state index in [1.165, 1.54) is 7.11 Å². The average molecular weight is 142 g/mol. The molecule has 0 aliphatic heterocycles. The van der Waals surface area contributed by atoms with Crippen LogP contribution in [0.25, 0.3) is 0 Å². The first-order valence-electron chi connectivity index (χ1n) is 1.62. The van der Waals surface area contributed by atoms with E-state index in [0.29, 0.717) is 5.94 Å². The second-order valence-electron chi connectivity index (χ2n) is 0.817. The molecule has 1 N–H and O–H groups in total. The van der Waals surface area contributed by atoms with Crippen LogP contribution in [0, 0.1) is 0 Å². The summed E-state index contributed by atoms with van der Waals surface area (Å²) < 4.78 is 14.3. The lowest BCUT2D eigenvalue weighted by Gasteiger charge is -1.89. The Morgan fingerprint density at radius 2 is 2.57 bits per heavy atom. The van der Waals surface area contributed by atoms with Crippen LogP contribution >= 0.6 is 18.6 Å². The highest BCUT2D eigenvalue weighted by Gasteiger charge is 1.87. The van der Waals surface area contributed by atoms with Crippen LogP contribution in [-0.4, -0.2) is 17.9 Å². The fourth-order valence-corrected chi connectivity index (χ4v) is 0.984. The Morgan fingerprint density at radius 3 is 2.71 bits per heavy atom. The minimum Gasteiger partial charge on any atom is -0.374 e. The van der Waals surface area contributed by atoms with E-state index in [4.69, 9.17) is 4.89 Å². The van der Waals surface area contributed by atoms with E-state index >= 15 is 0 Å². The molecule has 1 unspecified atom stereocenters. The quantitative estimate of drug-likeness (QED) is 0.465. The lowest BCUT2D eigenvalue weighted by molar-refractivity contribution is 0.259. The maximum absolute atomic E-state index is 9.83. The molecule has 0 aromatic rings. The highest BCUT2D eigenvalue weighted by molar-refractivity contribution is 8.49. The van der Waals surface area contributed by atoms with Crippen molar-refractivity contribution in [1.82, 2.24) is 0 Å². The normalized spacial score (nSPS) is 14.0. The van der Waals surface area contributed by atoms with Gasteiger partial charge in [-0.05, 0) is 11.4 Å². The number of rotatable bonds is 3. The van der Waals surface area contributed by atoms with E-state index in [0.717, 1.165) is 11.4 Å². The summed E-state index contributed by atoms with van der Waals surface area (Å²) in [4.78, 5) is 8.11. The van der Waals surface area contributed by atoms with Gasteiger partial charge >= 0.3 is 0 Å². The molecule has 0 radical (unpaired) electrons. The molecule has 3 nitrogen and oxygen atoms in total. The minimum atomic E-state index is -2.36. The highest BCUT2D eigenvalue weighted by atomic mass is 32.7. The standard InChI is InChI=1S/C2H7O3PS/c1-5-2-7-6(3)4/h6H,2H2,1H3,(H,3,4). The molecule has 0 saturated carbocycles. The van der Waals surface area contributed by atoms with Crippen molar-refractivity contribution in [3.63, 3.8) is 0 Å². The number of ether oxygens (including phenoxy) is 1. The fraction of sp³-hybridized carbons (Fsp3) is 1.00. The SMILES string of the molecule is COCS[PH](=O)O. The summed E-state index contributed by atoms with van der Waals surface area (Å²) in [6.07, 6.45) is 0. The Morgan fingerprint density at radius 1 is 2.00 bits per heavy atom. The van der Waals surface area contributed by atoms with Crippen LogP contribution in [0.15, 0.2) is 0 Å². The summed E-state index contributed by atoms with van der Waals surface area (Å²) in [5.74, 6) is 0.300. The van der Waals surface area contributed by atoms with Crippen LogP contribution in [0.5, 0.6) is 0 Å². The second-order valence-corrected chi connectivity index (χ2v) is 3.79. The van der Waals surface area contributed by atoms with Crippen molar-refractivity contribution < 1.29 is 14.2 Å². The third-order valence-electron chi connectivity index (χ3n) is 0.300. The molecule has 0 heterocycles. The number of methoxy groups -OCH3 is 1. The van der Waals surface area contributed by atoms with Gasteiger partial charge in [-0.2, -0.15) is 0 Å². The van der Waals surface area contributed by atoms with Crippen molar-refractivity contribution in [2.75, 3.05) is 13.0 Å². The first kappa shape index (κ1) is 7.50. The summed E-state index contributed by atoms with van der Waals surface area (Å²) in [7, 11) is -0.872. The Kier molecular flexibility index (Phi) is 4.99. The Labute approximate surface area is 46.7 Å². The molecule has 44 valence electrons. The van der Waals surface area contributed by atoms with Crippen LogP contribution in [0.3, 0.4) is 0 Å². The average Bonchev–Trinajstić information content (AvgIpc) is 1.61. The summed E-state index contributed by atoms with van der Waals surface area (Å²) in [5.41, 5.74) is 0. The highest BCUT2D eigenvalue weighted by Crippen LogP contribution is 2.31. The third-order valence-corrected chi connectivity index (χ3v) is 2.00. The maximum Gasteiger partial charge on any atom is 0.245 e. The summed E-state index contributed by atoms with van der Waals surface area (Å²) in [6.45, 7) is 0. The van der Waals surface area contributed by atoms with Gasteiger partial charge in [0, 0.05) is 7.11 Å². The van der Waals surface area contributed by atoms with Crippen molar-refractivity contribution in [3.05, 3.63) is 0 Å². The van der Waals surface area contributed by atoms with Gasteiger partial charge in [0.15, 0.2) is 0 Å². The molecule has 0 aromatic heterocycles. The lowest BCUT2D eigenvalue weighted by Crippen LogP contribution is -1.74. The van der Waals surface area contributed by atoms with Crippen LogP contribution < -0.4 is 0 Å². The van der Waals surface area contributed by atoms with E-state index in [-0.39, 0.29) is 0 Å². The van der Waals surface area contributed by atoms with E-state index in [1.54, 1.807) is 0 Å². The fourth-order valence-electron chi connectivity index (χ4n) is 0.109. The number of hydrogen-bond donors (Lipinski definition) is 1. The Bertz CT molecular complexity index is 66.0. The zero-order valence-corrected chi connectivity index (χ0v) is 5.70. The molecule has 0 saturated heterocycles. The molecule has 0 aliphatic rings. The molecular formula is C2H7O3PS. The van der Waals surface area contributed by atoms with Crippen molar-refractivity contribution in [2.24, 2.45) is 0 Å². The maximum atomic E-state index is 9.83. The van der Waals surface area contributed by atoms with Gasteiger partial charge in [0.2, 0.25) is 7.23 Å². The van der Waals surface area contributed by atoms with Crippen molar-refractivity contribution in [2.45, 2.75) is 0 Å². The zero-order valence-electron chi connectivity index (χ0n) is 3.88. The third kappa shape index (κ3) is 6.50. The van der Waals surface area contributed by atoms with Crippen molar-refractivity contribution in [3.8, 4) is 0 Å². The van der Waals surface area contributed by atoms with E-state index in [2.05, 4.69) is 4.74 Å². The van der Waals surface area contributed by atoms with Gasteiger partial charge < -0.3 is 9.63 Å². The molecular weight excluding hydrogens is 135 g/mol. The largest absolute Gasteiger partial charge is 0.374 e. The second kappa shape index (κ2) is 4.65. The smallest absolute Gasteiger partial charge is 0.245 e.